The fourth-order valence-corrected chi connectivity index (χ4v) is 2.73. The minimum Gasteiger partial charge on any atom is -0.393 e. The molecule has 0 aliphatic heterocycles. The van der Waals surface area contributed by atoms with Gasteiger partial charge in [0, 0.05) is 0 Å². The Labute approximate surface area is 91.2 Å². The van der Waals surface area contributed by atoms with Gasteiger partial charge >= 0.3 is 6.18 Å². The number of nitrogens with one attached hydrogen (secondary N) is 1. The van der Waals surface area contributed by atoms with Crippen LogP contribution >= 0.6 is 0 Å². The molecule has 0 fully saturated rings. The molecule has 0 heterocycles. The molecule has 0 aliphatic carbocycles. The molecule has 0 rings (SSSR count). The first-order chi connectivity index (χ1) is 6.31. The lowest BCUT2D eigenvalue weighted by Gasteiger charge is -2.25. The number of alkyl halides is 3. The summed E-state index contributed by atoms with van der Waals surface area (Å²) in [4.78, 5) is 2.55. The van der Waals surface area contributed by atoms with Crippen LogP contribution in [0.1, 0.15) is 0 Å². The standard InChI is InChI=1S/C8H19F3N2Si2/c1-14(2,3)12-7(8(9,10)11)13-15(4,5)6/h1-6H3,(H,12,13). The summed E-state index contributed by atoms with van der Waals surface area (Å²) in [5, 5.41) is 0. The topological polar surface area (TPSA) is 24.4 Å². The lowest BCUT2D eigenvalue weighted by molar-refractivity contribution is -0.0607. The summed E-state index contributed by atoms with van der Waals surface area (Å²) in [6.07, 6.45) is -4.36. The molecule has 0 saturated heterocycles. The van der Waals surface area contributed by atoms with Crippen molar-refractivity contribution in [3.05, 3.63) is 0 Å². The third kappa shape index (κ3) is 7.60. The average molecular weight is 256 g/mol. The number of nitrogens with zero attached hydrogens (tertiary/aromatic N) is 1. The van der Waals surface area contributed by atoms with E-state index in [-0.39, 0.29) is 0 Å². The first-order valence-electron chi connectivity index (χ1n) is 4.76. The molecule has 0 amide bonds. The Morgan fingerprint density at radius 1 is 1.00 bits per heavy atom. The van der Waals surface area contributed by atoms with Crippen molar-refractivity contribution >= 4 is 22.3 Å². The van der Waals surface area contributed by atoms with Gasteiger partial charge in [0.25, 0.3) is 0 Å². The van der Waals surface area contributed by atoms with Crippen molar-refractivity contribution in [2.75, 3.05) is 0 Å². The van der Waals surface area contributed by atoms with Crippen LogP contribution in [-0.4, -0.2) is 28.5 Å². The van der Waals surface area contributed by atoms with Crippen LogP contribution < -0.4 is 4.98 Å². The van der Waals surface area contributed by atoms with Crippen molar-refractivity contribution in [1.82, 2.24) is 4.98 Å². The van der Waals surface area contributed by atoms with Gasteiger partial charge in [-0.25, -0.2) is 0 Å². The highest BCUT2D eigenvalue weighted by atomic mass is 28.3. The van der Waals surface area contributed by atoms with E-state index < -0.39 is 28.5 Å². The molecule has 7 heteroatoms. The van der Waals surface area contributed by atoms with Gasteiger partial charge in [-0.1, -0.05) is 19.6 Å². The predicted octanol–water partition coefficient (Wildman–Crippen LogP) is 3.21. The Hall–Kier alpha value is -0.306. The second-order valence-corrected chi connectivity index (χ2v) is 14.8. The zero-order chi connectivity index (χ0) is 12.5. The van der Waals surface area contributed by atoms with Crippen molar-refractivity contribution in [1.29, 1.82) is 0 Å². The van der Waals surface area contributed by atoms with E-state index >= 15 is 0 Å². The zero-order valence-electron chi connectivity index (χ0n) is 10.1. The zero-order valence-corrected chi connectivity index (χ0v) is 12.1. The van der Waals surface area contributed by atoms with Gasteiger partial charge in [0.1, 0.15) is 8.24 Å². The van der Waals surface area contributed by atoms with Crippen LogP contribution in [0.4, 0.5) is 13.2 Å². The Morgan fingerprint density at radius 2 is 1.40 bits per heavy atom. The van der Waals surface area contributed by atoms with Gasteiger partial charge in [-0.15, -0.1) is 0 Å². The minimum absolute atomic E-state index is 0.791. The fourth-order valence-electron chi connectivity index (χ4n) is 0.853. The van der Waals surface area contributed by atoms with E-state index in [4.69, 9.17) is 0 Å². The Balaban J connectivity index is 5.02. The van der Waals surface area contributed by atoms with Crippen molar-refractivity contribution in [2.45, 2.75) is 45.5 Å². The maximum absolute atomic E-state index is 12.6. The summed E-state index contributed by atoms with van der Waals surface area (Å²) in [7, 11) is -4.11. The highest BCUT2D eigenvalue weighted by Gasteiger charge is 2.39. The van der Waals surface area contributed by atoms with Gasteiger partial charge in [-0.3, -0.25) is 0 Å². The van der Waals surface area contributed by atoms with Crippen LogP contribution in [-0.2, 0) is 0 Å². The first kappa shape index (κ1) is 14.7. The molecule has 0 spiro atoms. The lowest BCUT2D eigenvalue weighted by atomic mass is 10.6. The molecular formula is C8H19F3N2Si2. The second kappa shape index (κ2) is 4.28. The van der Waals surface area contributed by atoms with E-state index in [1.807, 2.05) is 19.6 Å². The molecule has 0 aromatic rings. The van der Waals surface area contributed by atoms with Crippen molar-refractivity contribution in [2.24, 2.45) is 4.66 Å². The maximum atomic E-state index is 12.6. The first-order valence-corrected chi connectivity index (χ1v) is 11.7. The van der Waals surface area contributed by atoms with Crippen molar-refractivity contribution in [3.63, 3.8) is 0 Å². The van der Waals surface area contributed by atoms with Crippen LogP contribution in [0.3, 0.4) is 0 Å². The summed E-state index contributed by atoms with van der Waals surface area (Å²) >= 11 is 0. The van der Waals surface area contributed by atoms with Crippen molar-refractivity contribution < 1.29 is 13.2 Å². The van der Waals surface area contributed by atoms with Gasteiger partial charge in [0.05, 0.1) is 0 Å². The molecule has 0 bridgehead atoms. The van der Waals surface area contributed by atoms with E-state index in [1.54, 1.807) is 19.6 Å². The van der Waals surface area contributed by atoms with E-state index in [0.717, 1.165) is 0 Å². The number of hydrogen-bond donors (Lipinski definition) is 1. The number of amidine groups is 1. The van der Waals surface area contributed by atoms with E-state index in [9.17, 15) is 13.2 Å². The molecular weight excluding hydrogens is 237 g/mol. The van der Waals surface area contributed by atoms with Crippen LogP contribution in [0.2, 0.25) is 39.3 Å². The quantitative estimate of drug-likeness (QED) is 0.458. The molecule has 1 N–H and O–H groups in total. The largest absolute Gasteiger partial charge is 0.447 e. The number of hydrogen-bond acceptors (Lipinski definition) is 1. The van der Waals surface area contributed by atoms with Gasteiger partial charge in [-0.05, 0) is 19.6 Å². The van der Waals surface area contributed by atoms with E-state index in [2.05, 4.69) is 9.64 Å². The predicted molar refractivity (Wildman–Crippen MR) is 63.3 cm³/mol. The van der Waals surface area contributed by atoms with E-state index in [0.29, 0.717) is 0 Å². The third-order valence-corrected chi connectivity index (χ3v) is 3.09. The van der Waals surface area contributed by atoms with Gasteiger partial charge in [-0.2, -0.15) is 13.2 Å². The molecule has 2 nitrogen and oxygen atoms in total. The third-order valence-electron chi connectivity index (χ3n) is 1.21. The maximum Gasteiger partial charge on any atom is 0.447 e. The summed E-state index contributed by atoms with van der Waals surface area (Å²) < 4.78 is 41.7. The van der Waals surface area contributed by atoms with Crippen LogP contribution in [0, 0.1) is 0 Å². The lowest BCUT2D eigenvalue weighted by Crippen LogP contribution is -2.52. The molecule has 0 aromatic carbocycles. The summed E-state index contributed by atoms with van der Waals surface area (Å²) in [6.45, 7) is 10.8. The van der Waals surface area contributed by atoms with Gasteiger partial charge < -0.3 is 9.64 Å². The van der Waals surface area contributed by atoms with Crippen molar-refractivity contribution in [3.8, 4) is 0 Å². The molecule has 0 saturated carbocycles. The molecule has 90 valence electrons. The van der Waals surface area contributed by atoms with Crippen LogP contribution in [0.25, 0.3) is 0 Å². The molecule has 0 unspecified atom stereocenters. The molecule has 0 radical (unpaired) electrons. The Kier molecular flexibility index (Phi) is 4.20. The second-order valence-electron chi connectivity index (χ2n) is 5.50. The SMILES string of the molecule is C[Si](C)(C)/N=C(\N[Si](C)(C)C)C(F)(F)F. The normalized spacial score (nSPS) is 15.4. The summed E-state index contributed by atoms with van der Waals surface area (Å²) in [6, 6.07) is 0. The minimum atomic E-state index is -4.36. The number of rotatable bonds is 2. The molecule has 0 atom stereocenters. The van der Waals surface area contributed by atoms with Gasteiger partial charge in [0.2, 0.25) is 0 Å². The van der Waals surface area contributed by atoms with Crippen LogP contribution in [0.5, 0.6) is 0 Å². The summed E-state index contributed by atoms with van der Waals surface area (Å²) in [5.74, 6) is -0.791. The smallest absolute Gasteiger partial charge is 0.393 e. The highest BCUT2D eigenvalue weighted by molar-refractivity contribution is 6.78. The molecule has 15 heavy (non-hydrogen) atoms. The Morgan fingerprint density at radius 3 is 1.60 bits per heavy atom. The molecule has 0 aromatic heterocycles. The summed E-state index contributed by atoms with van der Waals surface area (Å²) in [5.41, 5.74) is 0. The molecule has 0 aliphatic rings. The van der Waals surface area contributed by atoms with Gasteiger partial charge in [0.15, 0.2) is 14.1 Å². The Bertz CT molecular complexity index is 248. The monoisotopic (exact) mass is 256 g/mol. The van der Waals surface area contributed by atoms with Crippen LogP contribution in [0.15, 0.2) is 4.66 Å². The average Bonchev–Trinajstić information content (AvgIpc) is 1.75. The highest BCUT2D eigenvalue weighted by Crippen LogP contribution is 2.19. The van der Waals surface area contributed by atoms with E-state index in [1.165, 1.54) is 0 Å². The number of halogens is 3. The fraction of sp³-hybridized carbons (Fsp3) is 0.875.